The van der Waals surface area contributed by atoms with Gasteiger partial charge in [0.15, 0.2) is 0 Å². The Morgan fingerprint density at radius 1 is 1.29 bits per heavy atom. The predicted octanol–water partition coefficient (Wildman–Crippen LogP) is 2.09. The monoisotopic (exact) mass is 317 g/mol. The lowest BCUT2D eigenvalue weighted by molar-refractivity contribution is -0.129. The number of likely N-dealkylation sites (N-methyl/N-ethyl adjacent to an activating group) is 1. The maximum atomic E-state index is 12.4. The third kappa shape index (κ3) is 4.00. The van der Waals surface area contributed by atoms with Crippen molar-refractivity contribution in [3.63, 3.8) is 0 Å². The summed E-state index contributed by atoms with van der Waals surface area (Å²) >= 11 is 0. The first-order valence-electron chi connectivity index (χ1n) is 6.65. The normalized spacial score (nSPS) is 15.2. The molecular weight excluding hydrogens is 300 g/mol. The van der Waals surface area contributed by atoms with Crippen LogP contribution in [0.4, 0.5) is 8.78 Å². The molecule has 2 rings (SSSR count). The third-order valence-electron chi connectivity index (χ3n) is 3.50. The Morgan fingerprint density at radius 3 is 2.33 bits per heavy atom. The quantitative estimate of drug-likeness (QED) is 0.807. The summed E-state index contributed by atoms with van der Waals surface area (Å²) in [4.78, 5) is 13.2. The summed E-state index contributed by atoms with van der Waals surface area (Å²) < 4.78 is 47.3. The largest absolute Gasteiger partial charge is 0.345 e. The molecule has 1 fully saturated rings. The molecule has 0 unspecified atom stereocenters. The number of rotatable bonds is 6. The molecule has 7 heteroatoms. The number of benzene rings is 1. The van der Waals surface area contributed by atoms with Crippen LogP contribution in [0.2, 0.25) is 0 Å². The Morgan fingerprint density at radius 2 is 1.86 bits per heavy atom. The third-order valence-corrected chi connectivity index (χ3v) is 4.89. The van der Waals surface area contributed by atoms with Crippen molar-refractivity contribution in [3.8, 4) is 0 Å². The molecule has 116 valence electrons. The number of carbonyl (C=O) groups is 1. The van der Waals surface area contributed by atoms with Crippen LogP contribution in [0.25, 0.3) is 0 Å². The molecule has 0 heterocycles. The number of amides is 1. The lowest BCUT2D eigenvalue weighted by Crippen LogP contribution is -2.30. The molecular formula is C14H17F2NO3S. The van der Waals surface area contributed by atoms with Crippen molar-refractivity contribution in [2.45, 2.75) is 29.9 Å². The molecule has 1 aliphatic rings. The highest BCUT2D eigenvalue weighted by Crippen LogP contribution is 2.29. The van der Waals surface area contributed by atoms with Gasteiger partial charge in [-0.2, -0.15) is 8.78 Å². The first-order chi connectivity index (χ1) is 9.80. The molecule has 0 spiro atoms. The van der Waals surface area contributed by atoms with Crippen molar-refractivity contribution in [1.29, 1.82) is 0 Å². The highest BCUT2D eigenvalue weighted by molar-refractivity contribution is 7.91. The van der Waals surface area contributed by atoms with Crippen molar-refractivity contribution in [2.75, 3.05) is 13.6 Å². The van der Waals surface area contributed by atoms with Crippen LogP contribution in [-0.4, -0.2) is 38.6 Å². The van der Waals surface area contributed by atoms with E-state index in [1.54, 1.807) is 11.9 Å². The van der Waals surface area contributed by atoms with Gasteiger partial charge >= 0.3 is 5.76 Å². The number of sulfone groups is 1. The lowest BCUT2D eigenvalue weighted by Gasteiger charge is -2.16. The number of carbonyl (C=O) groups excluding carboxylic acids is 1. The Hall–Kier alpha value is -1.50. The van der Waals surface area contributed by atoms with Gasteiger partial charge in [-0.15, -0.1) is 0 Å². The summed E-state index contributed by atoms with van der Waals surface area (Å²) in [5.41, 5.74) is 0.607. The maximum absolute atomic E-state index is 12.4. The molecule has 21 heavy (non-hydrogen) atoms. The van der Waals surface area contributed by atoms with Gasteiger partial charge in [0.2, 0.25) is 15.7 Å². The molecule has 1 amide bonds. The summed E-state index contributed by atoms with van der Waals surface area (Å²) in [6, 6.07) is 5.03. The van der Waals surface area contributed by atoms with E-state index < -0.39 is 20.5 Å². The van der Waals surface area contributed by atoms with E-state index >= 15 is 0 Å². The Balaban J connectivity index is 2.00. The second-order valence-electron chi connectivity index (χ2n) is 5.34. The molecule has 1 saturated carbocycles. The van der Waals surface area contributed by atoms with Crippen LogP contribution < -0.4 is 0 Å². The number of nitrogens with zero attached hydrogens (tertiary/aromatic N) is 1. The first-order valence-corrected chi connectivity index (χ1v) is 8.20. The molecule has 1 aromatic carbocycles. The lowest BCUT2D eigenvalue weighted by atomic mass is 10.1. The fourth-order valence-corrected chi connectivity index (χ4v) is 2.72. The van der Waals surface area contributed by atoms with Gasteiger partial charge in [-0.3, -0.25) is 4.79 Å². The topological polar surface area (TPSA) is 54.5 Å². The van der Waals surface area contributed by atoms with E-state index in [2.05, 4.69) is 0 Å². The van der Waals surface area contributed by atoms with Crippen molar-refractivity contribution in [2.24, 2.45) is 5.92 Å². The number of alkyl halides is 2. The van der Waals surface area contributed by atoms with Crippen LogP contribution in [-0.2, 0) is 21.1 Å². The van der Waals surface area contributed by atoms with Gasteiger partial charge in [-0.1, -0.05) is 12.1 Å². The zero-order valence-electron chi connectivity index (χ0n) is 11.6. The fraction of sp³-hybridized carbons (Fsp3) is 0.500. The van der Waals surface area contributed by atoms with Crippen molar-refractivity contribution < 1.29 is 22.0 Å². The number of hydrogen-bond acceptors (Lipinski definition) is 3. The second-order valence-corrected chi connectivity index (χ2v) is 7.26. The summed E-state index contributed by atoms with van der Waals surface area (Å²) in [7, 11) is -2.84. The average molecular weight is 317 g/mol. The molecule has 0 N–H and O–H groups in total. The molecule has 0 saturated heterocycles. The van der Waals surface area contributed by atoms with Crippen molar-refractivity contribution >= 4 is 15.7 Å². The molecule has 0 atom stereocenters. The summed E-state index contributed by atoms with van der Waals surface area (Å²) in [5, 5.41) is 0. The van der Waals surface area contributed by atoms with E-state index in [4.69, 9.17) is 0 Å². The fourth-order valence-electron chi connectivity index (χ4n) is 2.00. The minimum absolute atomic E-state index is 0.0635. The highest BCUT2D eigenvalue weighted by atomic mass is 32.2. The summed E-state index contributed by atoms with van der Waals surface area (Å²) in [6.07, 6.45) is 2.44. The van der Waals surface area contributed by atoms with Gasteiger partial charge in [0.25, 0.3) is 0 Å². The van der Waals surface area contributed by atoms with Gasteiger partial charge in [0.05, 0.1) is 11.3 Å². The predicted molar refractivity (Wildman–Crippen MR) is 73.7 cm³/mol. The van der Waals surface area contributed by atoms with Crippen LogP contribution in [0.3, 0.4) is 0 Å². The van der Waals surface area contributed by atoms with E-state index in [-0.39, 0.29) is 12.3 Å². The van der Waals surface area contributed by atoms with Crippen molar-refractivity contribution in [3.05, 3.63) is 29.8 Å². The van der Waals surface area contributed by atoms with Crippen LogP contribution in [0.15, 0.2) is 29.2 Å². The van der Waals surface area contributed by atoms with Gasteiger partial charge in [-0.05, 0) is 36.5 Å². The standard InChI is InChI=1S/C14H17F2NO3S/c1-17(9-11-2-3-11)13(18)8-10-4-6-12(7-5-10)21(19,20)14(15)16/h4-7,11,14H,2-3,8-9H2,1H3. The highest BCUT2D eigenvalue weighted by Gasteiger charge is 2.27. The zero-order chi connectivity index (χ0) is 15.6. The maximum Gasteiger partial charge on any atom is 0.341 e. The smallest absolute Gasteiger partial charge is 0.341 e. The minimum atomic E-state index is -4.57. The first kappa shape index (κ1) is 15.9. The Kier molecular flexibility index (Phi) is 4.61. The Labute approximate surface area is 122 Å². The van der Waals surface area contributed by atoms with E-state index in [0.29, 0.717) is 11.5 Å². The minimum Gasteiger partial charge on any atom is -0.345 e. The second kappa shape index (κ2) is 6.09. The summed E-state index contributed by atoms with van der Waals surface area (Å²) in [6.45, 7) is 0.733. The van der Waals surface area contributed by atoms with E-state index in [1.165, 1.54) is 12.1 Å². The molecule has 0 aromatic heterocycles. The number of hydrogen-bond donors (Lipinski definition) is 0. The van der Waals surface area contributed by atoms with Crippen LogP contribution in [0.5, 0.6) is 0 Å². The van der Waals surface area contributed by atoms with Crippen molar-refractivity contribution in [1.82, 2.24) is 4.90 Å². The van der Waals surface area contributed by atoms with Crippen LogP contribution in [0, 0.1) is 5.92 Å². The molecule has 1 aliphatic carbocycles. The van der Waals surface area contributed by atoms with Gasteiger partial charge < -0.3 is 4.90 Å². The van der Waals surface area contributed by atoms with Crippen LogP contribution in [0.1, 0.15) is 18.4 Å². The average Bonchev–Trinajstić information content (AvgIpc) is 3.23. The SMILES string of the molecule is CN(CC1CC1)C(=O)Cc1ccc(S(=O)(=O)C(F)F)cc1. The molecule has 0 radical (unpaired) electrons. The zero-order valence-corrected chi connectivity index (χ0v) is 12.4. The summed E-state index contributed by atoms with van der Waals surface area (Å²) in [5.74, 6) is -2.90. The van der Waals surface area contributed by atoms with E-state index in [1.807, 2.05) is 0 Å². The van der Waals surface area contributed by atoms with Gasteiger partial charge in [-0.25, -0.2) is 8.42 Å². The van der Waals surface area contributed by atoms with E-state index in [0.717, 1.165) is 31.5 Å². The molecule has 0 bridgehead atoms. The molecule has 0 aliphatic heterocycles. The molecule has 1 aromatic rings. The molecule has 4 nitrogen and oxygen atoms in total. The van der Waals surface area contributed by atoms with Gasteiger partial charge in [0, 0.05) is 13.6 Å². The Bertz CT molecular complexity index is 610. The number of halogens is 2. The van der Waals surface area contributed by atoms with E-state index in [9.17, 15) is 22.0 Å². The van der Waals surface area contributed by atoms with Crippen LogP contribution >= 0.6 is 0 Å². The van der Waals surface area contributed by atoms with Gasteiger partial charge in [0.1, 0.15) is 0 Å².